The summed E-state index contributed by atoms with van der Waals surface area (Å²) in [6, 6.07) is 23.3. The molecule has 2 heterocycles. The number of benzene rings is 6. The summed E-state index contributed by atoms with van der Waals surface area (Å²) in [7, 11) is 0. The van der Waals surface area contributed by atoms with Crippen LogP contribution in [-0.4, -0.2) is 6.15 Å². The van der Waals surface area contributed by atoms with Crippen LogP contribution in [0.15, 0.2) is 81.6 Å². The van der Waals surface area contributed by atoms with Gasteiger partial charge in [-0.1, -0.05) is 36.4 Å². The zero-order valence-corrected chi connectivity index (χ0v) is 37.2. The second kappa shape index (κ2) is 20.2. The Balaban J connectivity index is 0.000000238. The summed E-state index contributed by atoms with van der Waals surface area (Å²) in [6.45, 7) is 4.01. The number of para-hydroxylation sites is 2. The Kier molecular flexibility index (Phi) is 14.8. The fraction of sp³-hybridized carbons (Fsp3) is 0.0435. The lowest BCUT2D eigenvalue weighted by Gasteiger charge is -2.44. The largest absolute Gasteiger partial charge is 0.443 e. The van der Waals surface area contributed by atoms with Crippen molar-refractivity contribution in [1.82, 2.24) is 0 Å². The minimum Gasteiger partial charge on any atom is -0.426 e. The molecule has 0 unspecified atom stereocenters. The molecule has 0 radical (unpaired) electrons. The molecule has 4 nitrogen and oxygen atoms in total. The summed E-state index contributed by atoms with van der Waals surface area (Å²) < 4.78 is 319. The molecular formula is C46H18BF20IO4. The van der Waals surface area contributed by atoms with E-state index in [2.05, 4.69) is 0 Å². The first kappa shape index (κ1) is 52.7. The average Bonchev–Trinajstić information content (AvgIpc) is 4.01. The third-order valence-corrected chi connectivity index (χ3v) is 12.8. The van der Waals surface area contributed by atoms with E-state index >= 15 is 35.1 Å². The van der Waals surface area contributed by atoms with E-state index in [0.29, 0.717) is 11.9 Å². The van der Waals surface area contributed by atoms with E-state index in [9.17, 15) is 52.7 Å². The highest BCUT2D eigenvalue weighted by Gasteiger charge is 2.52. The monoisotopic (exact) mass is 1150 g/mol. The zero-order chi connectivity index (χ0) is 53.0. The fourth-order valence-corrected chi connectivity index (χ4v) is 9.23. The second-order valence-corrected chi connectivity index (χ2v) is 17.4. The average molecular weight is 1150 g/mol. The van der Waals surface area contributed by atoms with E-state index in [1.165, 1.54) is 0 Å². The number of hydrogen-bond donors (Lipinski definition) is 0. The maximum absolute atomic E-state index is 15.4. The summed E-state index contributed by atoms with van der Waals surface area (Å²) in [6.07, 6.45) is -7.22. The van der Waals surface area contributed by atoms with Gasteiger partial charge in [0.15, 0.2) is 69.8 Å². The Morgan fingerprint density at radius 2 is 0.528 bits per heavy atom. The first-order valence-corrected chi connectivity index (χ1v) is 21.6. The lowest BCUT2D eigenvalue weighted by molar-refractivity contribution is -0.636. The van der Waals surface area contributed by atoms with E-state index in [1.54, 1.807) is 0 Å². The Hall–Kier alpha value is -7.13. The van der Waals surface area contributed by atoms with Gasteiger partial charge in [0.05, 0.1) is 0 Å². The Bertz CT molecular complexity index is 2990. The van der Waals surface area contributed by atoms with Crippen molar-refractivity contribution >= 4 is 28.0 Å². The number of aryl methyl sites for hydroxylation is 2. The molecular weight excluding hydrogens is 1130 g/mol. The first-order valence-electron chi connectivity index (χ1n) is 19.4. The molecule has 72 heavy (non-hydrogen) atoms. The molecule has 0 aliphatic rings. The Morgan fingerprint density at radius 1 is 0.306 bits per heavy atom. The molecule has 26 heteroatoms. The number of hydrogen-bond acceptors (Lipinski definition) is 4. The fourth-order valence-electron chi connectivity index (χ4n) is 7.33. The number of rotatable bonds is 10. The van der Waals surface area contributed by atoms with E-state index in [0.717, 1.165) is 30.2 Å². The highest BCUT2D eigenvalue weighted by Crippen LogP contribution is 2.32. The quantitative estimate of drug-likeness (QED) is 0.0452. The van der Waals surface area contributed by atoms with Crippen LogP contribution in [0.1, 0.15) is 11.1 Å². The molecule has 2 aromatic heterocycles. The van der Waals surface area contributed by atoms with Crippen molar-refractivity contribution in [2.45, 2.75) is 13.8 Å². The number of ether oxygens (including phenoxy) is 2. The van der Waals surface area contributed by atoms with Crippen molar-refractivity contribution in [3.63, 3.8) is 0 Å². The predicted molar refractivity (Wildman–Crippen MR) is 207 cm³/mol. The van der Waals surface area contributed by atoms with Gasteiger partial charge in [0, 0.05) is 24.3 Å². The van der Waals surface area contributed by atoms with Gasteiger partial charge in [0.1, 0.15) is 64.2 Å². The third-order valence-electron chi connectivity index (χ3n) is 10.6. The van der Waals surface area contributed by atoms with Crippen LogP contribution in [0, 0.1) is 138 Å². The summed E-state index contributed by atoms with van der Waals surface area (Å²) >= 11 is -0.591. The normalized spacial score (nSPS) is 11.5. The molecule has 0 aliphatic heterocycles. The van der Waals surface area contributed by atoms with Gasteiger partial charge in [-0.3, -0.25) is 0 Å². The smallest absolute Gasteiger partial charge is 0.426 e. The van der Waals surface area contributed by atoms with Gasteiger partial charge in [-0.15, -0.1) is 21.9 Å². The van der Waals surface area contributed by atoms with Crippen LogP contribution >= 0.6 is 0 Å². The summed E-state index contributed by atoms with van der Waals surface area (Å²) in [5.74, 6) is -68.8. The molecule has 0 amide bonds. The van der Waals surface area contributed by atoms with Gasteiger partial charge in [0.2, 0.25) is 0 Å². The van der Waals surface area contributed by atoms with Gasteiger partial charge in [-0.2, -0.15) is 0 Å². The van der Waals surface area contributed by atoms with E-state index in [4.69, 9.17) is 18.3 Å². The van der Waals surface area contributed by atoms with Crippen LogP contribution < -0.4 is 52.5 Å². The van der Waals surface area contributed by atoms with Gasteiger partial charge in [-0.05, 0) is 37.1 Å². The maximum Gasteiger partial charge on any atom is 0.443 e. The maximum atomic E-state index is 15.4. The Morgan fingerprint density at radius 3 is 0.764 bits per heavy atom. The van der Waals surface area contributed by atoms with Crippen LogP contribution in [0.25, 0.3) is 0 Å². The van der Waals surface area contributed by atoms with Gasteiger partial charge < -0.3 is 18.3 Å². The SMILES string of the molecule is Cc1ccccc1Oc1ccc([I+]c2ccc(Oc3ccccc3C)o2)o1.Fc1c(F)c(F)c([B-](c2c(F)c(F)c(F)c(F)c2F)(c2c(F)c(F)c(F)c(F)c2F)c2c(F)c(F)c(F)c(F)c2F)c(F)c1F. The molecule has 0 saturated heterocycles. The lowest BCUT2D eigenvalue weighted by Crippen LogP contribution is -3.61. The van der Waals surface area contributed by atoms with E-state index < -0.39 is 166 Å². The standard InChI is InChI=1S/C24BF20.C22H18IO4/c26-5-1(6(27)14(35)21(42)13(5)34)25(2-7(28)15(36)22(43)16(37)8(2)29,3-9(30)17(38)23(44)18(39)10(3)31)4-11(32)19(40)24(45)20(41)12(4)33;1-15-7-3-5-9-17(15)24-21-13-11-19(26-21)23-20-12-14-22(27-20)25-18-10-6-4-8-16(18)2/h;3-14H,1-2H3/q-1;+1. The highest BCUT2D eigenvalue weighted by molar-refractivity contribution is 7.20. The van der Waals surface area contributed by atoms with E-state index in [1.807, 2.05) is 86.6 Å². The van der Waals surface area contributed by atoms with Crippen molar-refractivity contribution in [2.75, 3.05) is 0 Å². The van der Waals surface area contributed by atoms with Gasteiger partial charge in [-0.25, -0.2) is 87.8 Å². The molecule has 0 fully saturated rings. The summed E-state index contributed by atoms with van der Waals surface area (Å²) in [5.41, 5.74) is -12.2. The lowest BCUT2D eigenvalue weighted by atomic mass is 9.12. The Labute approximate surface area is 399 Å². The molecule has 0 saturated carbocycles. The molecule has 376 valence electrons. The van der Waals surface area contributed by atoms with Crippen LogP contribution in [0.2, 0.25) is 0 Å². The molecule has 8 rings (SSSR count). The van der Waals surface area contributed by atoms with Crippen LogP contribution in [0.4, 0.5) is 87.8 Å². The third kappa shape index (κ3) is 8.86. The highest BCUT2D eigenvalue weighted by atomic mass is 127. The number of furan rings is 2. The first-order chi connectivity index (χ1) is 33.9. The molecule has 0 bridgehead atoms. The molecule has 0 spiro atoms. The van der Waals surface area contributed by atoms with Crippen LogP contribution in [-0.2, 0) is 0 Å². The van der Waals surface area contributed by atoms with Crippen molar-refractivity contribution in [2.24, 2.45) is 0 Å². The predicted octanol–water partition coefficient (Wildman–Crippen LogP) is 9.05. The molecule has 0 aliphatic carbocycles. The van der Waals surface area contributed by atoms with Crippen molar-refractivity contribution < 1.29 is 127 Å². The zero-order valence-electron chi connectivity index (χ0n) is 35.1. The minimum atomic E-state index is -7.22. The van der Waals surface area contributed by atoms with Crippen LogP contribution in [0.3, 0.4) is 0 Å². The summed E-state index contributed by atoms with van der Waals surface area (Å²) in [4.78, 5) is 0. The van der Waals surface area contributed by atoms with Crippen molar-refractivity contribution in [1.29, 1.82) is 0 Å². The van der Waals surface area contributed by atoms with Crippen molar-refractivity contribution in [3.8, 4) is 23.4 Å². The molecule has 6 aromatic carbocycles. The van der Waals surface area contributed by atoms with Gasteiger partial charge in [0.25, 0.3) is 11.9 Å². The van der Waals surface area contributed by atoms with Gasteiger partial charge >= 0.3 is 28.7 Å². The minimum absolute atomic E-state index is 0.488. The topological polar surface area (TPSA) is 44.7 Å². The van der Waals surface area contributed by atoms with E-state index in [-0.39, 0.29) is 0 Å². The molecule has 8 aromatic rings. The second-order valence-electron chi connectivity index (χ2n) is 14.7. The molecule has 0 atom stereocenters. The molecule has 0 N–H and O–H groups in total. The van der Waals surface area contributed by atoms with Crippen LogP contribution in [0.5, 0.6) is 23.4 Å². The summed E-state index contributed by atoms with van der Waals surface area (Å²) in [5, 5.41) is 0. The van der Waals surface area contributed by atoms with Crippen molar-refractivity contribution in [3.05, 3.63) is 208 Å². The number of halogens is 21.